The average molecular weight is 233 g/mol. The number of esters is 1. The maximum absolute atomic E-state index is 12.6. The van der Waals surface area contributed by atoms with Gasteiger partial charge < -0.3 is 10.5 Å². The molecular formula is C10H10F3NO2. The molecule has 0 saturated heterocycles. The van der Waals surface area contributed by atoms with E-state index in [0.717, 1.165) is 13.2 Å². The second-order valence-corrected chi connectivity index (χ2v) is 3.17. The number of nitrogen functional groups attached to an aromatic ring is 1. The Balaban J connectivity index is 3.13. The van der Waals surface area contributed by atoms with Gasteiger partial charge in [-0.15, -0.1) is 0 Å². The summed E-state index contributed by atoms with van der Waals surface area (Å²) in [5, 5.41) is 0. The maximum atomic E-state index is 12.6. The van der Waals surface area contributed by atoms with Crippen molar-refractivity contribution in [2.45, 2.75) is 12.6 Å². The fraction of sp³-hybridized carbons (Fsp3) is 0.300. The number of benzene rings is 1. The number of methoxy groups -OCH3 is 1. The van der Waals surface area contributed by atoms with E-state index < -0.39 is 24.1 Å². The van der Waals surface area contributed by atoms with Crippen molar-refractivity contribution in [3.63, 3.8) is 0 Å². The van der Waals surface area contributed by atoms with E-state index in [2.05, 4.69) is 4.74 Å². The van der Waals surface area contributed by atoms with Crippen LogP contribution in [0.15, 0.2) is 18.2 Å². The van der Waals surface area contributed by atoms with Crippen molar-refractivity contribution in [2.75, 3.05) is 12.8 Å². The van der Waals surface area contributed by atoms with Crippen LogP contribution in [0.3, 0.4) is 0 Å². The van der Waals surface area contributed by atoms with Gasteiger partial charge in [0.05, 0.1) is 19.1 Å². The summed E-state index contributed by atoms with van der Waals surface area (Å²) in [7, 11) is 1.12. The van der Waals surface area contributed by atoms with E-state index in [1.54, 1.807) is 0 Å². The summed E-state index contributed by atoms with van der Waals surface area (Å²) in [5.41, 5.74) is 4.22. The standard InChI is InChI=1S/C10H10F3NO2/c1-16-9(15)4-6-2-3-7(14)5-8(6)10(11,12)13/h2-3,5H,4,14H2,1H3. The summed E-state index contributed by atoms with van der Waals surface area (Å²) >= 11 is 0. The predicted octanol–water partition coefficient (Wildman–Crippen LogP) is 2.00. The van der Waals surface area contributed by atoms with Crippen LogP contribution in [0, 0.1) is 0 Å². The average Bonchev–Trinajstić information content (AvgIpc) is 2.19. The first kappa shape index (κ1) is 12.4. The minimum Gasteiger partial charge on any atom is -0.469 e. The Bertz CT molecular complexity index is 402. The molecule has 1 rings (SSSR count). The molecule has 0 unspecified atom stereocenters. The summed E-state index contributed by atoms with van der Waals surface area (Å²) < 4.78 is 42.0. The summed E-state index contributed by atoms with van der Waals surface area (Å²) in [4.78, 5) is 10.9. The molecule has 0 atom stereocenters. The molecule has 0 radical (unpaired) electrons. The first-order valence-electron chi connectivity index (χ1n) is 4.37. The molecule has 0 fully saturated rings. The van der Waals surface area contributed by atoms with E-state index in [4.69, 9.17) is 5.73 Å². The normalized spacial score (nSPS) is 11.2. The highest BCUT2D eigenvalue weighted by Crippen LogP contribution is 2.33. The minimum atomic E-state index is -4.53. The third-order valence-corrected chi connectivity index (χ3v) is 2.00. The summed E-state index contributed by atoms with van der Waals surface area (Å²) in [6.45, 7) is 0. The maximum Gasteiger partial charge on any atom is 0.416 e. The quantitative estimate of drug-likeness (QED) is 0.627. The first-order chi connectivity index (χ1) is 7.34. The van der Waals surface area contributed by atoms with Gasteiger partial charge in [0, 0.05) is 5.69 Å². The third kappa shape index (κ3) is 2.88. The monoisotopic (exact) mass is 233 g/mol. The van der Waals surface area contributed by atoms with Crippen LogP contribution in [0.5, 0.6) is 0 Å². The van der Waals surface area contributed by atoms with Crippen molar-refractivity contribution in [2.24, 2.45) is 0 Å². The fourth-order valence-electron chi connectivity index (χ4n) is 1.24. The van der Waals surface area contributed by atoms with E-state index in [9.17, 15) is 18.0 Å². The van der Waals surface area contributed by atoms with E-state index in [0.29, 0.717) is 0 Å². The number of carbonyl (C=O) groups excluding carboxylic acids is 1. The van der Waals surface area contributed by atoms with Crippen LogP contribution in [0.1, 0.15) is 11.1 Å². The molecule has 0 aliphatic rings. The molecule has 0 aliphatic carbocycles. The molecule has 0 saturated carbocycles. The van der Waals surface area contributed by atoms with Crippen molar-refractivity contribution in [1.82, 2.24) is 0 Å². The zero-order chi connectivity index (χ0) is 12.3. The van der Waals surface area contributed by atoms with Crippen LogP contribution < -0.4 is 5.73 Å². The number of halogens is 3. The molecule has 0 amide bonds. The molecule has 88 valence electrons. The molecule has 0 aliphatic heterocycles. The number of rotatable bonds is 2. The topological polar surface area (TPSA) is 52.3 Å². The molecule has 6 heteroatoms. The van der Waals surface area contributed by atoms with E-state index >= 15 is 0 Å². The Labute approximate surface area is 90.0 Å². The van der Waals surface area contributed by atoms with Crippen molar-refractivity contribution in [1.29, 1.82) is 0 Å². The van der Waals surface area contributed by atoms with Crippen LogP contribution in [0.2, 0.25) is 0 Å². The van der Waals surface area contributed by atoms with Crippen molar-refractivity contribution in [3.8, 4) is 0 Å². The van der Waals surface area contributed by atoms with Gasteiger partial charge in [0.2, 0.25) is 0 Å². The van der Waals surface area contributed by atoms with E-state index in [-0.39, 0.29) is 11.3 Å². The number of nitrogens with two attached hydrogens (primary N) is 1. The lowest BCUT2D eigenvalue weighted by Gasteiger charge is -2.12. The lowest BCUT2D eigenvalue weighted by molar-refractivity contribution is -0.141. The van der Waals surface area contributed by atoms with Crippen molar-refractivity contribution in [3.05, 3.63) is 29.3 Å². The van der Waals surface area contributed by atoms with Gasteiger partial charge in [0.1, 0.15) is 0 Å². The smallest absolute Gasteiger partial charge is 0.416 e. The minimum absolute atomic E-state index is 0.000871. The lowest BCUT2D eigenvalue weighted by atomic mass is 10.0. The number of anilines is 1. The van der Waals surface area contributed by atoms with E-state index in [1.165, 1.54) is 12.1 Å². The van der Waals surface area contributed by atoms with Gasteiger partial charge in [0.25, 0.3) is 0 Å². The molecule has 1 aromatic carbocycles. The van der Waals surface area contributed by atoms with Crippen molar-refractivity contribution >= 4 is 11.7 Å². The second kappa shape index (κ2) is 4.42. The van der Waals surface area contributed by atoms with E-state index in [1.807, 2.05) is 0 Å². The van der Waals surface area contributed by atoms with Gasteiger partial charge in [-0.25, -0.2) is 0 Å². The number of hydrogen-bond acceptors (Lipinski definition) is 3. The third-order valence-electron chi connectivity index (χ3n) is 2.00. The van der Waals surface area contributed by atoms with Crippen molar-refractivity contribution < 1.29 is 22.7 Å². The fourth-order valence-corrected chi connectivity index (χ4v) is 1.24. The van der Waals surface area contributed by atoms with Gasteiger partial charge in [-0.3, -0.25) is 4.79 Å². The molecular weight excluding hydrogens is 223 g/mol. The summed E-state index contributed by atoms with van der Waals surface area (Å²) in [6.07, 6.45) is -4.95. The highest BCUT2D eigenvalue weighted by molar-refractivity contribution is 5.73. The zero-order valence-electron chi connectivity index (χ0n) is 8.47. The first-order valence-corrected chi connectivity index (χ1v) is 4.37. The Morgan fingerprint density at radius 3 is 2.56 bits per heavy atom. The summed E-state index contributed by atoms with van der Waals surface area (Å²) in [6, 6.07) is 3.29. The summed E-state index contributed by atoms with van der Waals surface area (Å²) in [5.74, 6) is -0.727. The van der Waals surface area contributed by atoms with Gasteiger partial charge in [-0.05, 0) is 17.7 Å². The molecule has 1 aromatic rings. The largest absolute Gasteiger partial charge is 0.469 e. The number of alkyl halides is 3. The highest BCUT2D eigenvalue weighted by atomic mass is 19.4. The Kier molecular flexibility index (Phi) is 3.41. The number of ether oxygens (including phenoxy) is 1. The molecule has 0 bridgehead atoms. The molecule has 2 N–H and O–H groups in total. The number of hydrogen-bond donors (Lipinski definition) is 1. The van der Waals surface area contributed by atoms with Crippen LogP contribution in [-0.4, -0.2) is 13.1 Å². The Hall–Kier alpha value is -1.72. The molecule has 0 spiro atoms. The lowest BCUT2D eigenvalue weighted by Crippen LogP contribution is -2.13. The predicted molar refractivity (Wildman–Crippen MR) is 51.6 cm³/mol. The molecule has 16 heavy (non-hydrogen) atoms. The van der Waals surface area contributed by atoms with Gasteiger partial charge in [0.15, 0.2) is 0 Å². The van der Waals surface area contributed by atoms with Crippen LogP contribution in [0.4, 0.5) is 18.9 Å². The molecule has 0 heterocycles. The van der Waals surface area contributed by atoms with Crippen LogP contribution >= 0.6 is 0 Å². The van der Waals surface area contributed by atoms with Gasteiger partial charge >= 0.3 is 12.1 Å². The Morgan fingerprint density at radius 1 is 1.44 bits per heavy atom. The molecule has 0 aromatic heterocycles. The zero-order valence-corrected chi connectivity index (χ0v) is 8.47. The van der Waals surface area contributed by atoms with Gasteiger partial charge in [-0.1, -0.05) is 6.07 Å². The molecule has 3 nitrogen and oxygen atoms in total. The number of carbonyl (C=O) groups is 1. The SMILES string of the molecule is COC(=O)Cc1ccc(N)cc1C(F)(F)F. The Morgan fingerprint density at radius 2 is 2.06 bits per heavy atom. The van der Waals surface area contributed by atoms with Gasteiger partial charge in [-0.2, -0.15) is 13.2 Å². The van der Waals surface area contributed by atoms with Crippen LogP contribution in [0.25, 0.3) is 0 Å². The second-order valence-electron chi connectivity index (χ2n) is 3.17. The van der Waals surface area contributed by atoms with Crippen LogP contribution in [-0.2, 0) is 22.1 Å². The highest BCUT2D eigenvalue weighted by Gasteiger charge is 2.33.